The average molecular weight is 289 g/mol. The van der Waals surface area contributed by atoms with Gasteiger partial charge in [-0.05, 0) is 28.1 Å². The molecule has 0 aliphatic heterocycles. The molecule has 4 N–H and O–H groups in total. The molecule has 0 saturated carbocycles. The topological polar surface area (TPSA) is 86.0 Å². The van der Waals surface area contributed by atoms with Gasteiger partial charge in [0.05, 0.1) is 17.8 Å². The Morgan fingerprint density at radius 2 is 2.19 bits per heavy atom. The molecule has 0 unspecified atom stereocenters. The normalized spacial score (nSPS) is 10.4. The van der Waals surface area contributed by atoms with E-state index < -0.39 is 5.82 Å². The van der Waals surface area contributed by atoms with Gasteiger partial charge in [0.2, 0.25) is 5.96 Å². The van der Waals surface area contributed by atoms with E-state index in [4.69, 9.17) is 16.2 Å². The summed E-state index contributed by atoms with van der Waals surface area (Å²) in [5.74, 6) is -0.162. The van der Waals surface area contributed by atoms with Crippen molar-refractivity contribution in [3.63, 3.8) is 0 Å². The summed E-state index contributed by atoms with van der Waals surface area (Å²) in [5.41, 5.74) is 10.4. The lowest BCUT2D eigenvalue weighted by molar-refractivity contribution is 0.411. The van der Waals surface area contributed by atoms with Crippen LogP contribution in [0, 0.1) is 5.82 Å². The van der Waals surface area contributed by atoms with Gasteiger partial charge in [0.15, 0.2) is 0 Å². The van der Waals surface area contributed by atoms with Crippen LogP contribution in [-0.2, 0) is 0 Å². The van der Waals surface area contributed by atoms with Gasteiger partial charge < -0.3 is 16.2 Å². The molecular weight excluding hydrogens is 279 g/mol. The third-order valence-corrected chi connectivity index (χ3v) is 2.49. The Morgan fingerprint density at radius 1 is 1.50 bits per heavy atom. The van der Waals surface area contributed by atoms with E-state index in [1.54, 1.807) is 0 Å². The quantitative estimate of drug-likeness (QED) is 0.498. The van der Waals surface area contributed by atoms with Gasteiger partial charge in [-0.15, -0.1) is 5.10 Å². The highest BCUT2D eigenvalue weighted by Gasteiger charge is 2.09. The van der Waals surface area contributed by atoms with Crippen molar-refractivity contribution >= 4 is 28.1 Å². The molecule has 1 aromatic carbocycles. The predicted octanol–water partition coefficient (Wildman–Crippen LogP) is 1.20. The molecule has 0 heterocycles. The van der Waals surface area contributed by atoms with Gasteiger partial charge in [0.25, 0.3) is 0 Å². The standard InChI is InChI=1S/C9H10BrFN4O/c1-16-7-3-2-6(11)5(8(7)10)4-14-15-9(12)13/h2-4H,1H3,(H4,12,13,15). The summed E-state index contributed by atoms with van der Waals surface area (Å²) >= 11 is 3.19. The second-order valence-electron chi connectivity index (χ2n) is 2.75. The molecule has 0 aliphatic carbocycles. The molecule has 86 valence electrons. The number of rotatable bonds is 3. The molecule has 1 rings (SSSR count). The highest BCUT2D eigenvalue weighted by molar-refractivity contribution is 9.10. The van der Waals surface area contributed by atoms with Crippen LogP contribution in [0.1, 0.15) is 5.56 Å². The molecular formula is C9H10BrFN4O. The maximum Gasteiger partial charge on any atom is 0.211 e. The van der Waals surface area contributed by atoms with Gasteiger partial charge in [0, 0.05) is 5.56 Å². The molecule has 0 spiro atoms. The molecule has 0 radical (unpaired) electrons. The summed E-state index contributed by atoms with van der Waals surface area (Å²) in [6.07, 6.45) is 1.20. The molecule has 0 fully saturated rings. The van der Waals surface area contributed by atoms with Crippen LogP contribution in [0.5, 0.6) is 5.75 Å². The molecule has 1 aromatic rings. The number of guanidine groups is 1. The lowest BCUT2D eigenvalue weighted by atomic mass is 10.2. The van der Waals surface area contributed by atoms with E-state index >= 15 is 0 Å². The first-order chi connectivity index (χ1) is 7.56. The highest BCUT2D eigenvalue weighted by Crippen LogP contribution is 2.29. The van der Waals surface area contributed by atoms with Crippen molar-refractivity contribution in [2.45, 2.75) is 0 Å². The Bertz CT molecular complexity index is 443. The first-order valence-corrected chi connectivity index (χ1v) is 4.99. The zero-order valence-electron chi connectivity index (χ0n) is 8.45. The zero-order valence-corrected chi connectivity index (χ0v) is 10.0. The lowest BCUT2D eigenvalue weighted by Crippen LogP contribution is -2.21. The zero-order chi connectivity index (χ0) is 12.1. The fourth-order valence-corrected chi connectivity index (χ4v) is 1.56. The Labute approximate surface area is 100 Å². The number of benzene rings is 1. The van der Waals surface area contributed by atoms with Gasteiger partial charge >= 0.3 is 0 Å². The van der Waals surface area contributed by atoms with Crippen LogP contribution >= 0.6 is 15.9 Å². The minimum Gasteiger partial charge on any atom is -0.496 e. The largest absolute Gasteiger partial charge is 0.496 e. The second-order valence-corrected chi connectivity index (χ2v) is 3.54. The van der Waals surface area contributed by atoms with E-state index in [0.717, 1.165) is 0 Å². The van der Waals surface area contributed by atoms with Crippen molar-refractivity contribution in [1.29, 1.82) is 0 Å². The Balaban J connectivity index is 3.12. The van der Waals surface area contributed by atoms with Crippen molar-refractivity contribution in [1.82, 2.24) is 0 Å². The van der Waals surface area contributed by atoms with Gasteiger partial charge in [-0.25, -0.2) is 4.39 Å². The summed E-state index contributed by atoms with van der Waals surface area (Å²) in [4.78, 5) is 0. The first kappa shape index (κ1) is 12.4. The number of methoxy groups -OCH3 is 1. The molecule has 0 aromatic heterocycles. The molecule has 0 aliphatic rings. The summed E-state index contributed by atoms with van der Waals surface area (Å²) in [6.45, 7) is 0. The van der Waals surface area contributed by atoms with Crippen LogP contribution < -0.4 is 16.2 Å². The number of ether oxygens (including phenoxy) is 1. The fourth-order valence-electron chi connectivity index (χ4n) is 0.979. The van der Waals surface area contributed by atoms with Crippen LogP contribution in [0.15, 0.2) is 26.8 Å². The number of nitrogens with zero attached hydrogens (tertiary/aromatic N) is 2. The SMILES string of the molecule is COc1ccc(F)c(C=NN=C(N)N)c1Br. The number of hydrogen-bond acceptors (Lipinski definition) is 3. The molecule has 0 bridgehead atoms. The van der Waals surface area contributed by atoms with Crippen LogP contribution in [-0.4, -0.2) is 19.3 Å². The third kappa shape index (κ3) is 2.93. The fraction of sp³-hybridized carbons (Fsp3) is 0.111. The van der Waals surface area contributed by atoms with E-state index in [0.29, 0.717) is 10.2 Å². The second kappa shape index (κ2) is 5.45. The van der Waals surface area contributed by atoms with E-state index in [2.05, 4.69) is 26.1 Å². The predicted molar refractivity (Wildman–Crippen MR) is 64.1 cm³/mol. The van der Waals surface area contributed by atoms with Crippen molar-refractivity contribution in [2.24, 2.45) is 21.7 Å². The van der Waals surface area contributed by atoms with Gasteiger partial charge in [0.1, 0.15) is 11.6 Å². The first-order valence-electron chi connectivity index (χ1n) is 4.20. The van der Waals surface area contributed by atoms with Crippen molar-refractivity contribution < 1.29 is 9.13 Å². The minimum atomic E-state index is -0.456. The monoisotopic (exact) mass is 288 g/mol. The van der Waals surface area contributed by atoms with Gasteiger partial charge in [-0.3, -0.25) is 0 Å². The van der Waals surface area contributed by atoms with E-state index in [9.17, 15) is 4.39 Å². The third-order valence-electron chi connectivity index (χ3n) is 1.67. The number of halogens is 2. The summed E-state index contributed by atoms with van der Waals surface area (Å²) in [7, 11) is 1.48. The van der Waals surface area contributed by atoms with E-state index in [1.807, 2.05) is 0 Å². The molecule has 0 atom stereocenters. The van der Waals surface area contributed by atoms with Crippen LogP contribution in [0.4, 0.5) is 4.39 Å². The average Bonchev–Trinajstić information content (AvgIpc) is 2.23. The minimum absolute atomic E-state index is 0.198. The number of nitrogens with two attached hydrogens (primary N) is 2. The smallest absolute Gasteiger partial charge is 0.211 e. The molecule has 16 heavy (non-hydrogen) atoms. The Hall–Kier alpha value is -1.63. The van der Waals surface area contributed by atoms with Crippen molar-refractivity contribution in [3.8, 4) is 5.75 Å². The number of hydrogen-bond donors (Lipinski definition) is 2. The van der Waals surface area contributed by atoms with Crippen LogP contribution in [0.3, 0.4) is 0 Å². The van der Waals surface area contributed by atoms with Crippen molar-refractivity contribution in [2.75, 3.05) is 7.11 Å². The Kier molecular flexibility index (Phi) is 4.24. The molecule has 0 saturated heterocycles. The summed E-state index contributed by atoms with van der Waals surface area (Å²) in [5, 5.41) is 6.90. The highest BCUT2D eigenvalue weighted by atomic mass is 79.9. The van der Waals surface area contributed by atoms with E-state index in [1.165, 1.54) is 25.5 Å². The van der Waals surface area contributed by atoms with Gasteiger partial charge in [-0.2, -0.15) is 5.10 Å². The van der Waals surface area contributed by atoms with Gasteiger partial charge in [-0.1, -0.05) is 0 Å². The summed E-state index contributed by atoms with van der Waals surface area (Å²) < 4.78 is 18.9. The van der Waals surface area contributed by atoms with Crippen molar-refractivity contribution in [3.05, 3.63) is 28.0 Å². The molecule has 7 heteroatoms. The Morgan fingerprint density at radius 3 is 2.75 bits per heavy atom. The van der Waals surface area contributed by atoms with Crippen LogP contribution in [0.25, 0.3) is 0 Å². The van der Waals surface area contributed by atoms with E-state index in [-0.39, 0.29) is 11.5 Å². The van der Waals surface area contributed by atoms with Crippen LogP contribution in [0.2, 0.25) is 0 Å². The molecule has 5 nitrogen and oxygen atoms in total. The maximum absolute atomic E-state index is 13.4. The summed E-state index contributed by atoms with van der Waals surface area (Å²) in [6, 6.07) is 2.76. The lowest BCUT2D eigenvalue weighted by Gasteiger charge is -2.05. The molecule has 0 amide bonds. The maximum atomic E-state index is 13.4.